The molecule has 2 N–H and O–H groups in total. The second-order valence-corrected chi connectivity index (χ2v) is 5.15. The lowest BCUT2D eigenvalue weighted by molar-refractivity contribution is -0.140. The van der Waals surface area contributed by atoms with Crippen LogP contribution in [-0.2, 0) is 18.0 Å². The van der Waals surface area contributed by atoms with E-state index >= 15 is 0 Å². The van der Waals surface area contributed by atoms with E-state index in [0.29, 0.717) is 6.07 Å². The van der Waals surface area contributed by atoms with Gasteiger partial charge in [-0.05, 0) is 30.7 Å². The highest BCUT2D eigenvalue weighted by atomic mass is 19.4. The molecule has 1 aromatic heterocycles. The Kier molecular flexibility index (Phi) is 4.63. The van der Waals surface area contributed by atoms with Crippen LogP contribution in [0, 0.1) is 6.92 Å². The van der Waals surface area contributed by atoms with Gasteiger partial charge in [-0.2, -0.15) is 18.3 Å². The van der Waals surface area contributed by atoms with Crippen LogP contribution in [0.1, 0.15) is 33.2 Å². The van der Waals surface area contributed by atoms with Gasteiger partial charge in [0.05, 0.1) is 11.3 Å². The molecule has 1 unspecified atom stereocenters. The van der Waals surface area contributed by atoms with E-state index in [0.717, 1.165) is 6.07 Å². The molecule has 0 aliphatic heterocycles. The molecule has 1 heterocycles. The number of aryl methyl sites for hydroxylation is 2. The number of rotatable bonds is 4. The number of amides is 1. The topological polar surface area (TPSA) is 84.2 Å². The lowest BCUT2D eigenvalue weighted by Crippen LogP contribution is -2.35. The standard InChI is InChI=1S/C15H14F3N3O3/c1-8-3-4-9(7-10(8)15(16,17)18)13(22)20-12(14(23)24)11-5-6-19-21(11)2/h3-7,12H,1-2H3,(H,20,22)(H,23,24). The number of hydrogen-bond acceptors (Lipinski definition) is 3. The van der Waals surface area contributed by atoms with Crippen LogP contribution in [0.25, 0.3) is 0 Å². The average molecular weight is 341 g/mol. The number of carbonyl (C=O) groups is 2. The lowest BCUT2D eigenvalue weighted by Gasteiger charge is -2.16. The van der Waals surface area contributed by atoms with Crippen LogP contribution >= 0.6 is 0 Å². The molecule has 0 spiro atoms. The van der Waals surface area contributed by atoms with Gasteiger partial charge in [0.2, 0.25) is 0 Å². The maximum atomic E-state index is 12.9. The third-order valence-electron chi connectivity index (χ3n) is 3.48. The predicted octanol–water partition coefficient (Wildman–Crippen LogP) is 2.30. The summed E-state index contributed by atoms with van der Waals surface area (Å²) in [6, 6.07) is 3.04. The van der Waals surface area contributed by atoms with Crippen LogP contribution in [0.5, 0.6) is 0 Å². The molecule has 6 nitrogen and oxygen atoms in total. The largest absolute Gasteiger partial charge is 0.479 e. The quantitative estimate of drug-likeness (QED) is 0.894. The Morgan fingerprint density at radius 2 is 1.96 bits per heavy atom. The Morgan fingerprint density at radius 1 is 1.29 bits per heavy atom. The van der Waals surface area contributed by atoms with E-state index in [9.17, 15) is 27.9 Å². The summed E-state index contributed by atoms with van der Waals surface area (Å²) in [7, 11) is 1.49. The minimum Gasteiger partial charge on any atom is -0.479 e. The van der Waals surface area contributed by atoms with Crippen LogP contribution < -0.4 is 5.32 Å². The molecule has 0 aliphatic carbocycles. The third-order valence-corrected chi connectivity index (χ3v) is 3.48. The van der Waals surface area contributed by atoms with Crippen molar-refractivity contribution in [1.82, 2.24) is 15.1 Å². The van der Waals surface area contributed by atoms with Gasteiger partial charge < -0.3 is 10.4 Å². The number of hydrogen-bond donors (Lipinski definition) is 2. The van der Waals surface area contributed by atoms with E-state index in [2.05, 4.69) is 10.4 Å². The third kappa shape index (κ3) is 3.55. The first-order chi connectivity index (χ1) is 11.1. The molecule has 9 heteroatoms. The van der Waals surface area contributed by atoms with Crippen molar-refractivity contribution in [3.8, 4) is 0 Å². The van der Waals surface area contributed by atoms with Crippen molar-refractivity contribution >= 4 is 11.9 Å². The fourth-order valence-electron chi connectivity index (χ4n) is 2.21. The Morgan fingerprint density at radius 3 is 2.46 bits per heavy atom. The van der Waals surface area contributed by atoms with E-state index < -0.39 is 29.7 Å². The Balaban J connectivity index is 2.32. The number of aliphatic carboxylic acids is 1. The van der Waals surface area contributed by atoms with Gasteiger partial charge in [0.15, 0.2) is 6.04 Å². The molecule has 0 saturated carbocycles. The zero-order valence-corrected chi connectivity index (χ0v) is 12.8. The van der Waals surface area contributed by atoms with Crippen LogP contribution in [0.15, 0.2) is 30.5 Å². The van der Waals surface area contributed by atoms with E-state index in [-0.39, 0.29) is 16.8 Å². The second-order valence-electron chi connectivity index (χ2n) is 5.15. The Labute approximate surface area is 134 Å². The first-order valence-electron chi connectivity index (χ1n) is 6.80. The van der Waals surface area contributed by atoms with Gasteiger partial charge in [0.25, 0.3) is 5.91 Å². The number of alkyl halides is 3. The molecule has 2 aromatic rings. The summed E-state index contributed by atoms with van der Waals surface area (Å²) >= 11 is 0. The first-order valence-corrected chi connectivity index (χ1v) is 6.80. The summed E-state index contributed by atoms with van der Waals surface area (Å²) in [6.45, 7) is 1.28. The molecule has 24 heavy (non-hydrogen) atoms. The van der Waals surface area contributed by atoms with Crippen LogP contribution in [0.3, 0.4) is 0 Å². The second kappa shape index (κ2) is 6.34. The number of carboxylic acid groups (broad SMARTS) is 1. The molecule has 1 amide bonds. The number of carboxylic acids is 1. The summed E-state index contributed by atoms with van der Waals surface area (Å²) in [4.78, 5) is 23.5. The SMILES string of the molecule is Cc1ccc(C(=O)NC(C(=O)O)c2ccnn2C)cc1C(F)(F)F. The summed E-state index contributed by atoms with van der Waals surface area (Å²) < 4.78 is 40.0. The van der Waals surface area contributed by atoms with Gasteiger partial charge in [0, 0.05) is 18.8 Å². The number of halogens is 3. The Hall–Kier alpha value is -2.84. The Bertz CT molecular complexity index is 784. The van der Waals surface area contributed by atoms with Crippen molar-refractivity contribution in [3.05, 3.63) is 52.8 Å². The molecular weight excluding hydrogens is 327 g/mol. The fraction of sp³-hybridized carbons (Fsp3) is 0.267. The summed E-state index contributed by atoms with van der Waals surface area (Å²) in [5.41, 5.74) is -1.05. The maximum Gasteiger partial charge on any atom is 0.416 e. The van der Waals surface area contributed by atoms with Crippen molar-refractivity contribution in [2.24, 2.45) is 7.05 Å². The molecule has 1 aromatic carbocycles. The number of carbonyl (C=O) groups excluding carboxylic acids is 1. The highest BCUT2D eigenvalue weighted by Gasteiger charge is 2.33. The van der Waals surface area contributed by atoms with Crippen LogP contribution in [0.2, 0.25) is 0 Å². The first kappa shape index (κ1) is 17.5. The smallest absolute Gasteiger partial charge is 0.416 e. The minimum absolute atomic E-state index is 0.0273. The number of benzene rings is 1. The van der Waals surface area contributed by atoms with Crippen LogP contribution in [0.4, 0.5) is 13.2 Å². The number of nitrogens with zero attached hydrogens (tertiary/aromatic N) is 2. The highest BCUT2D eigenvalue weighted by molar-refractivity contribution is 5.97. The van der Waals surface area contributed by atoms with Crippen molar-refractivity contribution in [3.63, 3.8) is 0 Å². The van der Waals surface area contributed by atoms with Gasteiger partial charge in [-0.1, -0.05) is 6.07 Å². The summed E-state index contributed by atoms with van der Waals surface area (Å²) in [5.74, 6) is -2.27. The van der Waals surface area contributed by atoms with Gasteiger partial charge in [-0.15, -0.1) is 0 Å². The molecule has 0 fully saturated rings. The summed E-state index contributed by atoms with van der Waals surface area (Å²) in [6.07, 6.45) is -3.25. The minimum atomic E-state index is -4.60. The van der Waals surface area contributed by atoms with E-state index in [4.69, 9.17) is 0 Å². The molecule has 0 bridgehead atoms. The average Bonchev–Trinajstić information content (AvgIpc) is 2.89. The van der Waals surface area contributed by atoms with E-state index in [1.165, 1.54) is 37.0 Å². The highest BCUT2D eigenvalue weighted by Crippen LogP contribution is 2.32. The monoisotopic (exact) mass is 341 g/mol. The summed E-state index contributed by atoms with van der Waals surface area (Å²) in [5, 5.41) is 15.3. The van der Waals surface area contributed by atoms with Crippen molar-refractivity contribution in [1.29, 1.82) is 0 Å². The van der Waals surface area contributed by atoms with Gasteiger partial charge in [-0.25, -0.2) is 4.79 Å². The van der Waals surface area contributed by atoms with Crippen molar-refractivity contribution in [2.75, 3.05) is 0 Å². The fourth-order valence-corrected chi connectivity index (χ4v) is 2.21. The molecule has 0 radical (unpaired) electrons. The van der Waals surface area contributed by atoms with Crippen LogP contribution in [-0.4, -0.2) is 26.8 Å². The predicted molar refractivity (Wildman–Crippen MR) is 77.2 cm³/mol. The molecule has 128 valence electrons. The lowest BCUT2D eigenvalue weighted by atomic mass is 10.0. The zero-order chi connectivity index (χ0) is 18.1. The van der Waals surface area contributed by atoms with E-state index in [1.807, 2.05) is 0 Å². The van der Waals surface area contributed by atoms with Crippen molar-refractivity contribution < 1.29 is 27.9 Å². The number of nitrogens with one attached hydrogen (secondary N) is 1. The van der Waals surface area contributed by atoms with Gasteiger partial charge in [-0.3, -0.25) is 9.48 Å². The molecule has 1 atom stereocenters. The molecule has 2 rings (SSSR count). The molecule has 0 aliphatic rings. The van der Waals surface area contributed by atoms with Crippen molar-refractivity contribution in [2.45, 2.75) is 19.1 Å². The van der Waals surface area contributed by atoms with E-state index in [1.54, 1.807) is 0 Å². The number of aromatic nitrogens is 2. The molecular formula is C15H14F3N3O3. The van der Waals surface area contributed by atoms with Gasteiger partial charge >= 0.3 is 12.1 Å². The maximum absolute atomic E-state index is 12.9. The molecule has 0 saturated heterocycles. The van der Waals surface area contributed by atoms with Gasteiger partial charge in [0.1, 0.15) is 0 Å². The normalized spacial score (nSPS) is 12.7. The zero-order valence-electron chi connectivity index (χ0n) is 12.8.